The largest absolute Gasteiger partial charge is 0.872 e. The SMILES string of the molecule is [O-]c1cccc(-c2ccccc2P(c2ccccc2)c2ccccc2)c1. The molecule has 126 valence electrons. The summed E-state index contributed by atoms with van der Waals surface area (Å²) >= 11 is 0. The van der Waals surface area contributed by atoms with Crippen LogP contribution in [-0.4, -0.2) is 0 Å². The van der Waals surface area contributed by atoms with E-state index >= 15 is 0 Å². The second kappa shape index (κ2) is 7.56. The molecule has 4 aromatic rings. The first kappa shape index (κ1) is 16.6. The van der Waals surface area contributed by atoms with Crippen LogP contribution < -0.4 is 21.0 Å². The molecule has 0 aliphatic carbocycles. The molecule has 4 aromatic carbocycles. The van der Waals surface area contributed by atoms with E-state index in [0.717, 1.165) is 11.1 Å². The van der Waals surface area contributed by atoms with Crippen LogP contribution in [0.2, 0.25) is 0 Å². The Bertz CT molecular complexity index is 957. The lowest BCUT2D eigenvalue weighted by atomic mass is 10.1. The fraction of sp³-hybridized carbons (Fsp3) is 0. The molecule has 0 saturated heterocycles. The van der Waals surface area contributed by atoms with Gasteiger partial charge in [-0.1, -0.05) is 109 Å². The Hall–Kier alpha value is -2.89. The van der Waals surface area contributed by atoms with Gasteiger partial charge < -0.3 is 5.11 Å². The van der Waals surface area contributed by atoms with Crippen molar-refractivity contribution < 1.29 is 5.11 Å². The fourth-order valence-corrected chi connectivity index (χ4v) is 5.63. The second-order valence-corrected chi connectivity index (χ2v) is 8.24. The summed E-state index contributed by atoms with van der Waals surface area (Å²) in [6.45, 7) is 0. The van der Waals surface area contributed by atoms with Gasteiger partial charge in [-0.05, 0) is 35.0 Å². The monoisotopic (exact) mass is 353 g/mol. The normalized spacial score (nSPS) is 10.8. The van der Waals surface area contributed by atoms with Crippen LogP contribution in [0.15, 0.2) is 109 Å². The predicted molar refractivity (Wildman–Crippen MR) is 110 cm³/mol. The lowest BCUT2D eigenvalue weighted by Gasteiger charge is -2.23. The molecule has 0 aromatic heterocycles. The Labute approximate surface area is 155 Å². The van der Waals surface area contributed by atoms with Crippen LogP contribution >= 0.6 is 7.92 Å². The maximum absolute atomic E-state index is 11.9. The molecule has 26 heavy (non-hydrogen) atoms. The molecule has 0 aliphatic rings. The van der Waals surface area contributed by atoms with E-state index in [9.17, 15) is 5.11 Å². The van der Waals surface area contributed by atoms with Crippen LogP contribution in [0.25, 0.3) is 11.1 Å². The highest BCUT2D eigenvalue weighted by molar-refractivity contribution is 7.80. The molecule has 1 nitrogen and oxygen atoms in total. The Morgan fingerprint density at radius 2 is 1.12 bits per heavy atom. The van der Waals surface area contributed by atoms with Crippen molar-refractivity contribution in [1.82, 2.24) is 0 Å². The zero-order valence-electron chi connectivity index (χ0n) is 14.2. The Balaban J connectivity index is 1.93. The van der Waals surface area contributed by atoms with Gasteiger partial charge in [-0.25, -0.2) is 0 Å². The molecular weight excluding hydrogens is 335 g/mol. The summed E-state index contributed by atoms with van der Waals surface area (Å²) in [6, 6.07) is 36.9. The van der Waals surface area contributed by atoms with Crippen molar-refractivity contribution in [3.05, 3.63) is 109 Å². The number of hydrogen-bond donors (Lipinski definition) is 0. The van der Waals surface area contributed by atoms with E-state index < -0.39 is 7.92 Å². The first-order chi connectivity index (χ1) is 12.8. The van der Waals surface area contributed by atoms with Gasteiger partial charge in [0, 0.05) is 0 Å². The maximum atomic E-state index is 11.9. The van der Waals surface area contributed by atoms with Crippen molar-refractivity contribution in [3.8, 4) is 16.9 Å². The number of benzene rings is 4. The zero-order valence-corrected chi connectivity index (χ0v) is 15.1. The molecule has 0 spiro atoms. The van der Waals surface area contributed by atoms with Crippen LogP contribution in [0.3, 0.4) is 0 Å². The predicted octanol–water partition coefficient (Wildman–Crippen LogP) is 4.19. The minimum absolute atomic E-state index is 0.0426. The lowest BCUT2D eigenvalue weighted by Crippen LogP contribution is -2.22. The van der Waals surface area contributed by atoms with Crippen LogP contribution in [0, 0.1) is 0 Å². The summed E-state index contributed by atoms with van der Waals surface area (Å²) in [4.78, 5) is 0. The zero-order chi connectivity index (χ0) is 17.8. The Morgan fingerprint density at radius 1 is 0.538 bits per heavy atom. The standard InChI is InChI=1S/C24H19OP/c25-20-11-9-10-19(18-20)23-16-7-8-17-24(23)26(21-12-3-1-4-13-21)22-14-5-2-6-15-22/h1-18,25H/p-1. The van der Waals surface area contributed by atoms with E-state index in [1.54, 1.807) is 12.1 Å². The summed E-state index contributed by atoms with van der Waals surface area (Å²) in [6.07, 6.45) is 0. The van der Waals surface area contributed by atoms with Gasteiger partial charge in [0.1, 0.15) is 0 Å². The average molecular weight is 353 g/mol. The first-order valence-electron chi connectivity index (χ1n) is 8.60. The Kier molecular flexibility index (Phi) is 4.82. The number of rotatable bonds is 4. The van der Waals surface area contributed by atoms with Crippen molar-refractivity contribution in [3.63, 3.8) is 0 Å². The van der Waals surface area contributed by atoms with Crippen LogP contribution in [-0.2, 0) is 0 Å². The van der Waals surface area contributed by atoms with E-state index in [-0.39, 0.29) is 5.75 Å². The van der Waals surface area contributed by atoms with Gasteiger partial charge >= 0.3 is 0 Å². The van der Waals surface area contributed by atoms with Gasteiger partial charge in [-0.2, -0.15) is 0 Å². The third kappa shape index (κ3) is 3.40. The van der Waals surface area contributed by atoms with Crippen molar-refractivity contribution in [1.29, 1.82) is 0 Å². The van der Waals surface area contributed by atoms with E-state index in [1.807, 2.05) is 18.2 Å². The minimum atomic E-state index is -0.702. The van der Waals surface area contributed by atoms with Gasteiger partial charge in [-0.15, -0.1) is 5.75 Å². The highest BCUT2D eigenvalue weighted by atomic mass is 31.1. The van der Waals surface area contributed by atoms with Gasteiger partial charge in [0.25, 0.3) is 0 Å². The number of hydrogen-bond acceptors (Lipinski definition) is 1. The quantitative estimate of drug-likeness (QED) is 0.505. The van der Waals surface area contributed by atoms with E-state index in [2.05, 4.69) is 78.9 Å². The summed E-state index contributed by atoms with van der Waals surface area (Å²) < 4.78 is 0. The van der Waals surface area contributed by atoms with E-state index in [0.29, 0.717) is 0 Å². The molecule has 0 bridgehead atoms. The van der Waals surface area contributed by atoms with Crippen molar-refractivity contribution in [2.75, 3.05) is 0 Å². The molecule has 0 unspecified atom stereocenters. The molecule has 0 saturated carbocycles. The molecule has 0 fully saturated rings. The first-order valence-corrected chi connectivity index (χ1v) is 9.94. The average Bonchev–Trinajstić information content (AvgIpc) is 2.70. The van der Waals surface area contributed by atoms with Crippen molar-refractivity contribution in [2.45, 2.75) is 0 Å². The Morgan fingerprint density at radius 3 is 1.73 bits per heavy atom. The lowest BCUT2D eigenvalue weighted by molar-refractivity contribution is -0.268. The summed E-state index contributed by atoms with van der Waals surface area (Å²) in [5.74, 6) is 0.0426. The van der Waals surface area contributed by atoms with Crippen molar-refractivity contribution in [2.24, 2.45) is 0 Å². The maximum Gasteiger partial charge on any atom is -0.00726 e. The van der Waals surface area contributed by atoms with Crippen LogP contribution in [0.1, 0.15) is 0 Å². The molecule has 4 rings (SSSR count). The van der Waals surface area contributed by atoms with E-state index in [1.165, 1.54) is 15.9 Å². The van der Waals surface area contributed by atoms with Crippen molar-refractivity contribution >= 4 is 23.8 Å². The molecule has 0 N–H and O–H groups in total. The van der Waals surface area contributed by atoms with Crippen LogP contribution in [0.4, 0.5) is 0 Å². The van der Waals surface area contributed by atoms with Gasteiger partial charge in [0.15, 0.2) is 0 Å². The molecule has 2 heteroatoms. The fourth-order valence-electron chi connectivity index (χ4n) is 3.16. The summed E-state index contributed by atoms with van der Waals surface area (Å²) in [7, 11) is -0.702. The third-order valence-electron chi connectivity index (χ3n) is 4.32. The highest BCUT2D eigenvalue weighted by Gasteiger charge is 2.19. The topological polar surface area (TPSA) is 23.1 Å². The third-order valence-corrected chi connectivity index (χ3v) is 6.82. The molecule has 0 aliphatic heterocycles. The van der Waals surface area contributed by atoms with E-state index in [4.69, 9.17) is 0 Å². The second-order valence-electron chi connectivity index (χ2n) is 6.05. The van der Waals surface area contributed by atoms with Gasteiger partial charge in [-0.3, -0.25) is 0 Å². The molecule has 0 radical (unpaired) electrons. The molecule has 0 heterocycles. The highest BCUT2D eigenvalue weighted by Crippen LogP contribution is 2.37. The molecular formula is C24H18OP-. The van der Waals surface area contributed by atoms with Crippen LogP contribution in [0.5, 0.6) is 5.75 Å². The smallest absolute Gasteiger partial charge is 0.00726 e. The molecule has 0 atom stereocenters. The minimum Gasteiger partial charge on any atom is -0.872 e. The summed E-state index contributed by atoms with van der Waals surface area (Å²) in [5, 5.41) is 15.8. The summed E-state index contributed by atoms with van der Waals surface area (Å²) in [5.41, 5.74) is 2.11. The van der Waals surface area contributed by atoms with Gasteiger partial charge in [0.2, 0.25) is 0 Å². The molecule has 0 amide bonds. The van der Waals surface area contributed by atoms with Gasteiger partial charge in [0.05, 0.1) is 0 Å².